The fraction of sp³-hybridized carbons (Fsp3) is 0.917. The van der Waals surface area contributed by atoms with Crippen molar-refractivity contribution in [3.63, 3.8) is 0 Å². The van der Waals surface area contributed by atoms with Crippen LogP contribution in [0.15, 0.2) is 0 Å². The summed E-state index contributed by atoms with van der Waals surface area (Å²) in [7, 11) is 0. The third-order valence-electron chi connectivity index (χ3n) is 2.77. The van der Waals surface area contributed by atoms with Crippen LogP contribution in [0.4, 0.5) is 0 Å². The molecule has 1 fully saturated rings. The number of carbonyl (C=O) groups is 1. The minimum Gasteiger partial charge on any atom is -0.395 e. The highest BCUT2D eigenvalue weighted by Crippen LogP contribution is 2.27. The van der Waals surface area contributed by atoms with Gasteiger partial charge < -0.3 is 15.3 Å². The molecule has 0 aliphatic heterocycles. The molecule has 1 rings (SSSR count). The molecule has 0 heterocycles. The first kappa shape index (κ1) is 13.5. The number of hydrogen-bond donors (Lipinski definition) is 2. The van der Waals surface area contributed by atoms with Crippen LogP contribution in [-0.4, -0.2) is 47.7 Å². The fourth-order valence-electron chi connectivity index (χ4n) is 1.78. The van der Waals surface area contributed by atoms with E-state index in [1.54, 1.807) is 0 Å². The predicted octanol–water partition coefficient (Wildman–Crippen LogP) is 0.748. The summed E-state index contributed by atoms with van der Waals surface area (Å²) >= 11 is 0. The topological polar surface area (TPSA) is 52.6 Å². The first-order valence-electron chi connectivity index (χ1n) is 6.29. The van der Waals surface area contributed by atoms with E-state index < -0.39 is 0 Å². The lowest BCUT2D eigenvalue weighted by Crippen LogP contribution is -2.36. The Morgan fingerprint density at radius 3 is 2.69 bits per heavy atom. The Labute approximate surface area is 98.0 Å². The maximum atomic E-state index is 11.8. The second-order valence-electron chi connectivity index (χ2n) is 4.75. The molecule has 0 bridgehead atoms. The molecule has 2 N–H and O–H groups in total. The lowest BCUT2D eigenvalue weighted by molar-refractivity contribution is -0.132. The van der Waals surface area contributed by atoms with Gasteiger partial charge in [0.2, 0.25) is 5.91 Å². The number of nitrogens with one attached hydrogen (secondary N) is 1. The minimum absolute atomic E-state index is 0.0759. The van der Waals surface area contributed by atoms with E-state index in [1.807, 2.05) is 4.90 Å². The van der Waals surface area contributed by atoms with Gasteiger partial charge in [0.25, 0.3) is 0 Å². The van der Waals surface area contributed by atoms with E-state index in [2.05, 4.69) is 19.2 Å². The van der Waals surface area contributed by atoms with Crippen molar-refractivity contribution in [1.29, 1.82) is 0 Å². The van der Waals surface area contributed by atoms with Gasteiger partial charge in [-0.25, -0.2) is 0 Å². The van der Waals surface area contributed by atoms with Gasteiger partial charge in [-0.15, -0.1) is 0 Å². The predicted molar refractivity (Wildman–Crippen MR) is 64.2 cm³/mol. The molecule has 0 radical (unpaired) electrons. The maximum Gasteiger partial charge on any atom is 0.222 e. The van der Waals surface area contributed by atoms with E-state index in [0.717, 1.165) is 25.8 Å². The normalized spacial score (nSPS) is 15.5. The van der Waals surface area contributed by atoms with E-state index in [9.17, 15) is 4.79 Å². The summed E-state index contributed by atoms with van der Waals surface area (Å²) in [6.07, 6.45) is 3.69. The van der Waals surface area contributed by atoms with Gasteiger partial charge in [-0.1, -0.05) is 13.8 Å². The summed E-state index contributed by atoms with van der Waals surface area (Å²) in [5.41, 5.74) is 0. The third kappa shape index (κ3) is 4.94. The maximum absolute atomic E-state index is 11.8. The number of amides is 1. The van der Waals surface area contributed by atoms with Crippen molar-refractivity contribution in [2.45, 2.75) is 51.6 Å². The van der Waals surface area contributed by atoms with Crippen molar-refractivity contribution >= 4 is 5.91 Å². The van der Waals surface area contributed by atoms with Gasteiger partial charge in [-0.3, -0.25) is 4.79 Å². The van der Waals surface area contributed by atoms with E-state index >= 15 is 0 Å². The van der Waals surface area contributed by atoms with Crippen LogP contribution in [0.5, 0.6) is 0 Å². The molecule has 0 aromatic rings. The van der Waals surface area contributed by atoms with Crippen LogP contribution in [0.1, 0.15) is 39.5 Å². The van der Waals surface area contributed by atoms with Crippen molar-refractivity contribution in [1.82, 2.24) is 10.2 Å². The van der Waals surface area contributed by atoms with E-state index in [0.29, 0.717) is 25.0 Å². The van der Waals surface area contributed by atoms with Gasteiger partial charge in [0.05, 0.1) is 6.61 Å². The Morgan fingerprint density at radius 2 is 2.19 bits per heavy atom. The molecule has 1 aliphatic carbocycles. The Morgan fingerprint density at radius 1 is 1.50 bits per heavy atom. The molecule has 94 valence electrons. The number of rotatable bonds is 8. The SMILES string of the molecule is CC(C)NCCCC(=O)N(CCO)C1CC1. The van der Waals surface area contributed by atoms with Crippen molar-refractivity contribution in [2.75, 3.05) is 19.7 Å². The summed E-state index contributed by atoms with van der Waals surface area (Å²) in [6, 6.07) is 0.893. The molecule has 0 aromatic carbocycles. The highest BCUT2D eigenvalue weighted by molar-refractivity contribution is 5.76. The Bertz CT molecular complexity index is 215. The molecule has 4 heteroatoms. The molecule has 16 heavy (non-hydrogen) atoms. The van der Waals surface area contributed by atoms with Crippen molar-refractivity contribution in [3.8, 4) is 0 Å². The molecule has 0 unspecified atom stereocenters. The summed E-state index contributed by atoms with van der Waals surface area (Å²) in [4.78, 5) is 13.7. The number of aliphatic hydroxyl groups is 1. The number of aliphatic hydroxyl groups excluding tert-OH is 1. The quantitative estimate of drug-likeness (QED) is 0.603. The van der Waals surface area contributed by atoms with E-state index in [1.165, 1.54) is 0 Å². The second-order valence-corrected chi connectivity index (χ2v) is 4.75. The van der Waals surface area contributed by atoms with Gasteiger partial charge in [-0.05, 0) is 25.8 Å². The summed E-state index contributed by atoms with van der Waals surface area (Å²) in [5.74, 6) is 0.196. The molecular weight excluding hydrogens is 204 g/mol. The van der Waals surface area contributed by atoms with Crippen molar-refractivity contribution < 1.29 is 9.90 Å². The second kappa shape index (κ2) is 6.86. The zero-order chi connectivity index (χ0) is 12.0. The van der Waals surface area contributed by atoms with Crippen molar-refractivity contribution in [2.24, 2.45) is 0 Å². The Hall–Kier alpha value is -0.610. The largest absolute Gasteiger partial charge is 0.395 e. The molecule has 4 nitrogen and oxygen atoms in total. The lowest BCUT2D eigenvalue weighted by atomic mass is 10.2. The van der Waals surface area contributed by atoms with Crippen LogP contribution in [0.25, 0.3) is 0 Å². The summed E-state index contributed by atoms with van der Waals surface area (Å²) in [5, 5.41) is 12.2. The number of carbonyl (C=O) groups excluding carboxylic acids is 1. The highest BCUT2D eigenvalue weighted by Gasteiger charge is 2.31. The average Bonchev–Trinajstić information content (AvgIpc) is 3.04. The average molecular weight is 228 g/mol. The van der Waals surface area contributed by atoms with Crippen LogP contribution in [0.3, 0.4) is 0 Å². The molecule has 1 saturated carbocycles. The summed E-state index contributed by atoms with van der Waals surface area (Å²) < 4.78 is 0. The van der Waals surface area contributed by atoms with Gasteiger partial charge in [0, 0.05) is 25.0 Å². The monoisotopic (exact) mass is 228 g/mol. The van der Waals surface area contributed by atoms with Crippen LogP contribution in [-0.2, 0) is 4.79 Å². The fourth-order valence-corrected chi connectivity index (χ4v) is 1.78. The third-order valence-corrected chi connectivity index (χ3v) is 2.77. The zero-order valence-corrected chi connectivity index (χ0v) is 10.4. The van der Waals surface area contributed by atoms with Crippen LogP contribution >= 0.6 is 0 Å². The molecule has 0 saturated heterocycles. The molecule has 1 amide bonds. The lowest BCUT2D eigenvalue weighted by Gasteiger charge is -2.21. The van der Waals surface area contributed by atoms with Gasteiger partial charge in [0.1, 0.15) is 0 Å². The molecule has 0 atom stereocenters. The first-order chi connectivity index (χ1) is 7.65. The first-order valence-corrected chi connectivity index (χ1v) is 6.29. The van der Waals surface area contributed by atoms with Crippen molar-refractivity contribution in [3.05, 3.63) is 0 Å². The standard InChI is InChI=1S/C12H24N2O2/c1-10(2)13-7-3-4-12(16)14(8-9-15)11-5-6-11/h10-11,13,15H,3-9H2,1-2H3. The van der Waals surface area contributed by atoms with E-state index in [-0.39, 0.29) is 12.5 Å². The number of hydrogen-bond acceptors (Lipinski definition) is 3. The van der Waals surface area contributed by atoms with Gasteiger partial charge in [0.15, 0.2) is 0 Å². The molecule has 0 aromatic heterocycles. The molecule has 1 aliphatic rings. The highest BCUT2D eigenvalue weighted by atomic mass is 16.3. The molecule has 0 spiro atoms. The van der Waals surface area contributed by atoms with E-state index in [4.69, 9.17) is 5.11 Å². The zero-order valence-electron chi connectivity index (χ0n) is 10.4. The minimum atomic E-state index is 0.0759. The summed E-state index contributed by atoms with van der Waals surface area (Å²) in [6.45, 7) is 5.67. The Kier molecular flexibility index (Phi) is 5.77. The van der Waals surface area contributed by atoms with Crippen LogP contribution in [0.2, 0.25) is 0 Å². The van der Waals surface area contributed by atoms with Crippen LogP contribution in [0, 0.1) is 0 Å². The number of nitrogens with zero attached hydrogens (tertiary/aromatic N) is 1. The van der Waals surface area contributed by atoms with Crippen LogP contribution < -0.4 is 5.32 Å². The van der Waals surface area contributed by atoms with Gasteiger partial charge >= 0.3 is 0 Å². The molecular formula is C12H24N2O2. The Balaban J connectivity index is 2.16. The van der Waals surface area contributed by atoms with Gasteiger partial charge in [-0.2, -0.15) is 0 Å². The smallest absolute Gasteiger partial charge is 0.222 e.